The van der Waals surface area contributed by atoms with Crippen molar-refractivity contribution in [2.24, 2.45) is 10.1 Å². The third-order valence-corrected chi connectivity index (χ3v) is 4.72. The summed E-state index contributed by atoms with van der Waals surface area (Å²) in [5.74, 6) is 0. The van der Waals surface area contributed by atoms with Crippen LogP contribution in [0.1, 0.15) is 0 Å². The number of fused-ring (bicyclic) bond motifs is 1. The molecule has 1 aromatic carbocycles. The molecule has 19 heavy (non-hydrogen) atoms. The number of hydrogen-bond donors (Lipinski definition) is 2. The fourth-order valence-corrected chi connectivity index (χ4v) is 3.43. The van der Waals surface area contributed by atoms with Crippen molar-refractivity contribution in [1.29, 1.82) is 0 Å². The summed E-state index contributed by atoms with van der Waals surface area (Å²) in [5.41, 5.74) is 0.0566. The predicted octanol–water partition coefficient (Wildman–Crippen LogP) is -1.36. The van der Waals surface area contributed by atoms with Gasteiger partial charge in [0.05, 0.1) is 10.7 Å². The van der Waals surface area contributed by atoms with Crippen LogP contribution in [0.4, 0.5) is 5.69 Å². The second kappa shape index (κ2) is 7.59. The number of halogens is 1. The molecule has 0 unspecified atom stereocenters. The average molecular weight is 376 g/mol. The predicted molar refractivity (Wildman–Crippen MR) is 75.6 cm³/mol. The summed E-state index contributed by atoms with van der Waals surface area (Å²) >= 11 is 5.69. The summed E-state index contributed by atoms with van der Waals surface area (Å²) in [6.45, 7) is 0. The molecule has 1 aliphatic rings. The van der Waals surface area contributed by atoms with Gasteiger partial charge in [-0.25, -0.2) is 27.0 Å². The zero-order chi connectivity index (χ0) is 12.8. The molecule has 12 heteroatoms. The Kier molecular flexibility index (Phi) is 8.43. The Balaban J connectivity index is 0.00000162. The van der Waals surface area contributed by atoms with Gasteiger partial charge in [0.25, 0.3) is 10.0 Å². The molecule has 0 aliphatic carbocycles. The van der Waals surface area contributed by atoms with Crippen LogP contribution in [0.15, 0.2) is 26.9 Å². The molecular weight excluding hydrogens is 368 g/mol. The second-order valence-electron chi connectivity index (χ2n) is 3.17. The van der Waals surface area contributed by atoms with Gasteiger partial charge in [-0.1, -0.05) is 11.6 Å². The summed E-state index contributed by atoms with van der Waals surface area (Å²) in [5, 5.41) is 4.73. The van der Waals surface area contributed by atoms with E-state index < -0.39 is 24.9 Å². The van der Waals surface area contributed by atoms with Gasteiger partial charge in [-0.05, 0) is 12.1 Å². The van der Waals surface area contributed by atoms with E-state index in [9.17, 15) is 16.8 Å². The van der Waals surface area contributed by atoms with Crippen LogP contribution in [0.5, 0.6) is 0 Å². The van der Waals surface area contributed by atoms with Gasteiger partial charge in [0.1, 0.15) is 16.1 Å². The molecule has 0 fully saturated rings. The van der Waals surface area contributed by atoms with Crippen LogP contribution >= 0.6 is 11.6 Å². The van der Waals surface area contributed by atoms with Crippen molar-refractivity contribution in [3.05, 3.63) is 17.2 Å². The van der Waals surface area contributed by atoms with Gasteiger partial charge >= 0.3 is 103 Å². The van der Waals surface area contributed by atoms with Crippen molar-refractivity contribution >= 4 is 146 Å². The molecule has 2 rings (SSSR count). The quantitative estimate of drug-likeness (QED) is 0.589. The summed E-state index contributed by atoms with van der Waals surface area (Å²) in [6.07, 6.45) is 0.977. The Hall–Kier alpha value is 2.11. The molecule has 0 aromatic heterocycles. The van der Waals surface area contributed by atoms with Crippen molar-refractivity contribution < 1.29 is 16.8 Å². The maximum absolute atomic E-state index is 11.6. The fourth-order valence-electron chi connectivity index (χ4n) is 1.29. The first-order valence-electron chi connectivity index (χ1n) is 4.13. The minimum atomic E-state index is -4.09. The average Bonchev–Trinajstić information content (AvgIpc) is 2.13. The zero-order valence-corrected chi connectivity index (χ0v) is 10.5. The fraction of sp³-hybridized carbons (Fsp3) is 0. The molecule has 1 aromatic rings. The molecule has 7 nitrogen and oxygen atoms in total. The van der Waals surface area contributed by atoms with E-state index in [2.05, 4.69) is 4.99 Å². The van der Waals surface area contributed by atoms with Crippen molar-refractivity contribution in [2.45, 2.75) is 9.79 Å². The van der Waals surface area contributed by atoms with Crippen LogP contribution in [-0.4, -0.2) is 126 Å². The molecule has 0 bridgehead atoms. The molecule has 0 saturated carbocycles. The van der Waals surface area contributed by atoms with Crippen LogP contribution < -0.4 is 9.86 Å². The van der Waals surface area contributed by atoms with E-state index in [0.29, 0.717) is 0 Å². The molecule has 96 valence electrons. The van der Waals surface area contributed by atoms with E-state index in [1.54, 1.807) is 0 Å². The summed E-state index contributed by atoms with van der Waals surface area (Å²) < 4.78 is 47.6. The van der Waals surface area contributed by atoms with Crippen molar-refractivity contribution in [3.8, 4) is 0 Å². The Labute approximate surface area is 200 Å². The number of sulfonamides is 2. The molecule has 1 heterocycles. The topological polar surface area (TPSA) is 119 Å². The van der Waals surface area contributed by atoms with Crippen LogP contribution in [0.2, 0.25) is 5.02 Å². The first-order chi connectivity index (χ1) is 7.72. The monoisotopic (exact) mass is 375 g/mol. The first kappa shape index (κ1) is 21.1. The summed E-state index contributed by atoms with van der Waals surface area (Å²) in [7, 11) is -7.91. The van der Waals surface area contributed by atoms with Crippen LogP contribution in [0.25, 0.3) is 0 Å². The number of hydrogen-bond acceptors (Lipinski definition) is 5. The minimum absolute atomic E-state index is 0. The van der Waals surface area contributed by atoms with E-state index in [-0.39, 0.29) is 118 Å². The third-order valence-electron chi connectivity index (χ3n) is 2.02. The van der Waals surface area contributed by atoms with Crippen molar-refractivity contribution in [3.63, 3.8) is 0 Å². The number of nitrogens with zero attached hydrogens (tertiary/aromatic N) is 1. The van der Waals surface area contributed by atoms with Crippen molar-refractivity contribution in [2.75, 3.05) is 0 Å². The van der Waals surface area contributed by atoms with E-state index in [1.807, 2.05) is 4.72 Å². The molecule has 0 spiro atoms. The van der Waals surface area contributed by atoms with Gasteiger partial charge in [0.2, 0.25) is 10.0 Å². The van der Waals surface area contributed by atoms with Crippen LogP contribution in [0.3, 0.4) is 0 Å². The van der Waals surface area contributed by atoms with Crippen LogP contribution in [-0.2, 0) is 20.0 Å². The molecule has 3 N–H and O–H groups in total. The van der Waals surface area contributed by atoms with Crippen molar-refractivity contribution in [1.82, 2.24) is 4.72 Å². The molecule has 0 atom stereocenters. The van der Waals surface area contributed by atoms with Gasteiger partial charge in [0, 0.05) is 0 Å². The number of rotatable bonds is 1. The van der Waals surface area contributed by atoms with Gasteiger partial charge in [-0.2, -0.15) is 0 Å². The Morgan fingerprint density at radius 3 is 2.37 bits per heavy atom. The first-order valence-corrected chi connectivity index (χ1v) is 7.54. The number of nitrogens with two attached hydrogens (primary N) is 1. The van der Waals surface area contributed by atoms with Gasteiger partial charge in [-0.15, -0.1) is 0 Å². The third kappa shape index (κ3) is 4.79. The van der Waals surface area contributed by atoms with E-state index in [1.165, 1.54) is 0 Å². The number of benzene rings is 1. The van der Waals surface area contributed by atoms with Gasteiger partial charge in [-0.3, -0.25) is 4.72 Å². The Bertz CT molecular complexity index is 733. The molecule has 0 radical (unpaired) electrons. The van der Waals surface area contributed by atoms with E-state index in [0.717, 1.165) is 18.5 Å². The molecular formula is C7H8ClK2N3O4S2. The van der Waals surface area contributed by atoms with E-state index in [4.69, 9.17) is 16.7 Å². The van der Waals surface area contributed by atoms with Gasteiger partial charge in [0.15, 0.2) is 0 Å². The van der Waals surface area contributed by atoms with Crippen LogP contribution in [0, 0.1) is 0 Å². The summed E-state index contributed by atoms with van der Waals surface area (Å²) in [6, 6.07) is 2.01. The SMILES string of the molecule is NS(=O)(=O)c1cc2c(cc1Cl)N=CNS2(=O)=O.[KH].[KH]. The number of primary sulfonamides is 1. The normalized spacial score (nSPS) is 15.5. The number of nitrogens with one attached hydrogen (secondary N) is 1. The number of aliphatic imine (C=N–C) groups is 1. The summed E-state index contributed by atoms with van der Waals surface area (Å²) in [4.78, 5) is 3.00. The Morgan fingerprint density at radius 2 is 1.84 bits per heavy atom. The zero-order valence-electron chi connectivity index (χ0n) is 8.08. The molecule has 0 amide bonds. The molecule has 1 aliphatic heterocycles. The standard InChI is InChI=1S/C7H6ClN3O4S2.2K.2H/c8-4-1-5-7(2-6(4)16(9,12)13)17(14,15)11-3-10-5;;;;/h1-3H,(H,10,11)(H2,9,12,13);;;;. The van der Waals surface area contributed by atoms with Gasteiger partial charge < -0.3 is 0 Å². The maximum atomic E-state index is 11.6. The molecule has 0 saturated heterocycles. The second-order valence-corrected chi connectivity index (χ2v) is 6.79. The van der Waals surface area contributed by atoms with E-state index >= 15 is 0 Å². The Morgan fingerprint density at radius 1 is 1.26 bits per heavy atom.